The summed E-state index contributed by atoms with van der Waals surface area (Å²) in [5.41, 5.74) is 22.2. The lowest BCUT2D eigenvalue weighted by Crippen LogP contribution is -2.61. The van der Waals surface area contributed by atoms with Gasteiger partial charge in [0.25, 0.3) is 6.71 Å². The number of hydrogen-bond acceptors (Lipinski definition) is 2. The average molecular weight is 858 g/mol. The Morgan fingerprint density at radius 2 is 0.969 bits per heavy atom. The normalized spacial score (nSPS) is 21.3. The molecule has 65 heavy (non-hydrogen) atoms. The van der Waals surface area contributed by atoms with Crippen LogP contribution in [-0.2, 0) is 37.9 Å². The number of nitrogens with zero attached hydrogens (tertiary/aromatic N) is 2. The number of benzene rings is 6. The van der Waals surface area contributed by atoms with E-state index in [-0.39, 0.29) is 44.6 Å². The summed E-state index contributed by atoms with van der Waals surface area (Å²) < 4.78 is 27.6. The Morgan fingerprint density at radius 3 is 1.57 bits per heavy atom. The zero-order valence-corrected chi connectivity index (χ0v) is 41.9. The van der Waals surface area contributed by atoms with E-state index in [1.807, 2.05) is 12.1 Å². The van der Waals surface area contributed by atoms with Crippen molar-refractivity contribution in [2.45, 2.75) is 168 Å². The molecule has 0 radical (unpaired) electrons. The predicted octanol–water partition coefficient (Wildman–Crippen LogP) is 14.6. The molecule has 0 aromatic heterocycles. The molecule has 6 aromatic rings. The fourth-order valence-electron chi connectivity index (χ4n) is 14.9. The fourth-order valence-corrected chi connectivity index (χ4v) is 14.9. The van der Waals surface area contributed by atoms with Gasteiger partial charge in [-0.2, -0.15) is 0 Å². The van der Waals surface area contributed by atoms with Crippen molar-refractivity contribution in [2.24, 2.45) is 0 Å². The highest BCUT2D eigenvalue weighted by Crippen LogP contribution is 2.57. The lowest BCUT2D eigenvalue weighted by molar-refractivity contribution is 0.402. The van der Waals surface area contributed by atoms with Crippen LogP contribution in [0.15, 0.2) is 103 Å². The molecular formula is C62H71BN2. The highest BCUT2D eigenvalue weighted by atomic mass is 15.2. The SMILES string of the molecule is [2H]C([2H])([2H])c1cc2c3c(c1)N(c1cc4c(cc1C)C(C)(C)CC4(C)C)c1cc4c(cc1B3c1ccc(C(C)(C)c3ccccc3)cc1N2c1ccc2c(c1)C(C)(C)CC2(C)C)C(C)(C)CC4(C)C. The first-order valence-electron chi connectivity index (χ1n) is 25.9. The van der Waals surface area contributed by atoms with Crippen LogP contribution in [0.3, 0.4) is 0 Å². The van der Waals surface area contributed by atoms with Crippen molar-refractivity contribution >= 4 is 57.2 Å². The highest BCUT2D eigenvalue weighted by Gasteiger charge is 2.50. The van der Waals surface area contributed by atoms with Crippen LogP contribution in [0.4, 0.5) is 34.1 Å². The number of anilines is 6. The molecule has 2 nitrogen and oxygen atoms in total. The summed E-state index contributed by atoms with van der Waals surface area (Å²) in [5.74, 6) is 0. The lowest BCUT2D eigenvalue weighted by Gasteiger charge is -2.46. The van der Waals surface area contributed by atoms with E-state index in [1.54, 1.807) is 0 Å². The summed E-state index contributed by atoms with van der Waals surface area (Å²) in [7, 11) is 0. The van der Waals surface area contributed by atoms with Gasteiger partial charge in [0.15, 0.2) is 0 Å². The maximum Gasteiger partial charge on any atom is 0.252 e. The molecule has 3 heteroatoms. The Bertz CT molecular complexity index is 3140. The largest absolute Gasteiger partial charge is 0.311 e. The van der Waals surface area contributed by atoms with Crippen molar-refractivity contribution in [3.63, 3.8) is 0 Å². The molecule has 0 fully saturated rings. The summed E-state index contributed by atoms with van der Waals surface area (Å²) >= 11 is 0. The van der Waals surface area contributed by atoms with Crippen LogP contribution in [-0.4, -0.2) is 6.71 Å². The van der Waals surface area contributed by atoms with Gasteiger partial charge in [-0.3, -0.25) is 0 Å². The van der Waals surface area contributed by atoms with E-state index < -0.39 is 6.85 Å². The Balaban J connectivity index is 1.28. The zero-order chi connectivity index (χ0) is 48.8. The summed E-state index contributed by atoms with van der Waals surface area (Å²) in [4.78, 5) is 4.96. The van der Waals surface area contributed by atoms with Gasteiger partial charge >= 0.3 is 0 Å². The summed E-state index contributed by atoms with van der Waals surface area (Å²) in [6.45, 7) is 33.2. The molecule has 0 spiro atoms. The Morgan fingerprint density at radius 1 is 0.462 bits per heavy atom. The fraction of sp³-hybridized carbons (Fsp3) is 0.419. The van der Waals surface area contributed by atoms with Crippen LogP contribution < -0.4 is 26.2 Å². The topological polar surface area (TPSA) is 6.48 Å². The predicted molar refractivity (Wildman–Crippen MR) is 281 cm³/mol. The van der Waals surface area contributed by atoms with Gasteiger partial charge in [0, 0.05) is 43.7 Å². The first kappa shape index (κ1) is 39.2. The van der Waals surface area contributed by atoms with Crippen LogP contribution in [0, 0.1) is 13.8 Å². The third-order valence-electron chi connectivity index (χ3n) is 17.3. The van der Waals surface area contributed by atoms with Gasteiger partial charge in [-0.05, 0) is 180 Å². The van der Waals surface area contributed by atoms with Crippen molar-refractivity contribution in [3.05, 3.63) is 159 Å². The third kappa shape index (κ3) is 5.98. The number of aryl methyl sites for hydroxylation is 2. The minimum atomic E-state index is -2.36. The van der Waals surface area contributed by atoms with Crippen LogP contribution in [0.1, 0.15) is 176 Å². The van der Waals surface area contributed by atoms with Crippen molar-refractivity contribution in [2.75, 3.05) is 9.80 Å². The molecule has 3 aliphatic carbocycles. The maximum absolute atomic E-state index is 9.20. The molecule has 0 amide bonds. The molecular weight excluding hydrogens is 784 g/mol. The van der Waals surface area contributed by atoms with E-state index in [0.717, 1.165) is 53.4 Å². The van der Waals surface area contributed by atoms with Gasteiger partial charge in [-0.1, -0.05) is 158 Å². The third-order valence-corrected chi connectivity index (χ3v) is 17.3. The monoisotopic (exact) mass is 858 g/mol. The van der Waals surface area contributed by atoms with E-state index in [0.29, 0.717) is 5.56 Å². The second-order valence-corrected chi connectivity index (χ2v) is 25.5. The highest BCUT2D eigenvalue weighted by molar-refractivity contribution is 7.00. The van der Waals surface area contributed by atoms with Crippen LogP contribution in [0.5, 0.6) is 0 Å². The van der Waals surface area contributed by atoms with E-state index in [9.17, 15) is 4.11 Å². The molecule has 6 aromatic carbocycles. The molecule has 0 unspecified atom stereocenters. The lowest BCUT2D eigenvalue weighted by atomic mass is 9.33. The Kier molecular flexibility index (Phi) is 7.90. The molecule has 0 bridgehead atoms. The second kappa shape index (κ2) is 13.1. The minimum absolute atomic E-state index is 0.0237. The van der Waals surface area contributed by atoms with Gasteiger partial charge in [0.05, 0.1) is 0 Å². The van der Waals surface area contributed by atoms with Gasteiger partial charge in [-0.15, -0.1) is 0 Å². The van der Waals surface area contributed by atoms with E-state index in [4.69, 9.17) is 0 Å². The van der Waals surface area contributed by atoms with Crippen molar-refractivity contribution < 1.29 is 4.11 Å². The van der Waals surface area contributed by atoms with Crippen LogP contribution >= 0.6 is 0 Å². The minimum Gasteiger partial charge on any atom is -0.311 e. The summed E-state index contributed by atoms with van der Waals surface area (Å²) in [5, 5.41) is 0. The maximum atomic E-state index is 9.20. The molecule has 0 atom stereocenters. The molecule has 0 N–H and O–H groups in total. The number of hydrogen-bond donors (Lipinski definition) is 0. The van der Waals surface area contributed by atoms with E-state index >= 15 is 0 Å². The standard InChI is InChI=1S/C62H71BN2/c1-37-26-53-55-54(27-37)65(50-32-46-43(28-38(50)2)57(5,6)35-60(46,11)12)52-33-47-45(59(9,10)36-61(47,13)14)31-49(52)63(55)48-25-22-40(62(15,16)39-20-18-17-19-21-39)29-51(48)64(53)41-23-24-42-44(30-41)58(7,8)34-56(42,3)4/h17-33H,34-36H2,1-16H3/i1D3. The molecule has 11 rings (SSSR count). The van der Waals surface area contributed by atoms with E-state index in [2.05, 4.69) is 205 Å². The Hall–Kier alpha value is -5.02. The van der Waals surface area contributed by atoms with E-state index in [1.165, 1.54) is 66.5 Å². The van der Waals surface area contributed by atoms with Gasteiger partial charge < -0.3 is 9.80 Å². The molecule has 332 valence electrons. The van der Waals surface area contributed by atoms with Gasteiger partial charge in [0.1, 0.15) is 0 Å². The first-order valence-corrected chi connectivity index (χ1v) is 24.4. The molecule has 0 saturated heterocycles. The first-order chi connectivity index (χ1) is 31.4. The summed E-state index contributed by atoms with van der Waals surface area (Å²) in [6, 6.07) is 39.3. The zero-order valence-electron chi connectivity index (χ0n) is 44.9. The molecule has 2 heterocycles. The second-order valence-electron chi connectivity index (χ2n) is 25.5. The average Bonchev–Trinajstić information content (AvgIpc) is 3.64. The van der Waals surface area contributed by atoms with Crippen LogP contribution in [0.25, 0.3) is 0 Å². The van der Waals surface area contributed by atoms with Gasteiger partial charge in [0.2, 0.25) is 0 Å². The summed E-state index contributed by atoms with van der Waals surface area (Å²) in [6.07, 6.45) is 3.19. The molecule has 2 aliphatic heterocycles. The Labute approximate surface area is 396 Å². The van der Waals surface area contributed by atoms with Crippen molar-refractivity contribution in [3.8, 4) is 0 Å². The smallest absolute Gasteiger partial charge is 0.252 e. The van der Waals surface area contributed by atoms with Crippen molar-refractivity contribution in [1.82, 2.24) is 0 Å². The van der Waals surface area contributed by atoms with Gasteiger partial charge in [-0.25, -0.2) is 0 Å². The number of fused-ring (bicyclic) bond motifs is 7. The quantitative estimate of drug-likeness (QED) is 0.163. The number of rotatable bonds is 4. The molecule has 0 saturated carbocycles. The van der Waals surface area contributed by atoms with Crippen LogP contribution in [0.2, 0.25) is 0 Å². The van der Waals surface area contributed by atoms with Crippen molar-refractivity contribution in [1.29, 1.82) is 0 Å². The molecule has 5 aliphatic rings.